The number of hydrogen-bond donors (Lipinski definition) is 1. The Morgan fingerprint density at radius 1 is 0.758 bits per heavy atom. The number of hydrogen-bond acceptors (Lipinski definition) is 6. The van der Waals surface area contributed by atoms with Crippen LogP contribution in [0, 0.1) is 13.8 Å². The van der Waals surface area contributed by atoms with E-state index in [1.165, 1.54) is 11.1 Å². The minimum atomic E-state index is 0.579. The molecule has 0 bridgehead atoms. The number of nitrogens with zero attached hydrogens (tertiary/aromatic N) is 1. The summed E-state index contributed by atoms with van der Waals surface area (Å²) in [5.74, 6) is 3.59. The molecule has 4 rings (SSSR count). The Morgan fingerprint density at radius 3 is 2.15 bits per heavy atom. The molecule has 0 amide bonds. The summed E-state index contributed by atoms with van der Waals surface area (Å²) in [7, 11) is 3.22. The third-order valence-corrected chi connectivity index (χ3v) is 5.18. The number of rotatable bonds is 9. The van der Waals surface area contributed by atoms with Gasteiger partial charge in [-0.15, -0.1) is 0 Å². The van der Waals surface area contributed by atoms with Crippen molar-refractivity contribution >= 4 is 16.6 Å². The fraction of sp³-hybridized carbons (Fsp3) is 0.222. The van der Waals surface area contributed by atoms with Crippen LogP contribution in [-0.4, -0.2) is 32.4 Å². The van der Waals surface area contributed by atoms with Gasteiger partial charge in [0.25, 0.3) is 0 Å². The lowest BCUT2D eigenvalue weighted by molar-refractivity contribution is 0.332. The molecular weight excluding hydrogens is 416 g/mol. The predicted octanol–water partition coefficient (Wildman–Crippen LogP) is 6.15. The summed E-state index contributed by atoms with van der Waals surface area (Å²) in [6, 6.07) is 19.6. The van der Waals surface area contributed by atoms with Gasteiger partial charge < -0.3 is 24.3 Å². The molecular formula is C27H28N2O4. The largest absolute Gasteiger partial charge is 0.493 e. The zero-order chi connectivity index (χ0) is 23.2. The van der Waals surface area contributed by atoms with E-state index in [0.717, 1.165) is 28.1 Å². The van der Waals surface area contributed by atoms with Crippen LogP contribution in [0.3, 0.4) is 0 Å². The van der Waals surface area contributed by atoms with Gasteiger partial charge in [-0.05, 0) is 73.5 Å². The van der Waals surface area contributed by atoms with Gasteiger partial charge in [-0.2, -0.15) is 0 Å². The number of fused-ring (bicyclic) bond motifs is 1. The van der Waals surface area contributed by atoms with E-state index in [9.17, 15) is 0 Å². The summed E-state index contributed by atoms with van der Waals surface area (Å²) < 4.78 is 22.8. The van der Waals surface area contributed by atoms with E-state index in [0.29, 0.717) is 30.4 Å². The van der Waals surface area contributed by atoms with Crippen LogP contribution in [0.15, 0.2) is 66.9 Å². The van der Waals surface area contributed by atoms with Crippen LogP contribution in [0.4, 0.5) is 5.69 Å². The van der Waals surface area contributed by atoms with Gasteiger partial charge in [-0.25, -0.2) is 0 Å². The number of benzene rings is 3. The maximum Gasteiger partial charge on any atom is 0.162 e. The first-order valence-electron chi connectivity index (χ1n) is 10.8. The maximum atomic E-state index is 6.14. The van der Waals surface area contributed by atoms with Crippen molar-refractivity contribution in [2.45, 2.75) is 13.8 Å². The van der Waals surface area contributed by atoms with Crippen molar-refractivity contribution in [1.82, 2.24) is 4.98 Å². The lowest BCUT2D eigenvalue weighted by atomic mass is 10.1. The summed E-state index contributed by atoms with van der Waals surface area (Å²) in [5, 5.41) is 4.22. The fourth-order valence-electron chi connectivity index (χ4n) is 3.68. The molecule has 1 aromatic heterocycles. The van der Waals surface area contributed by atoms with E-state index in [1.807, 2.05) is 54.6 Å². The highest BCUT2D eigenvalue weighted by Gasteiger charge is 2.11. The fourth-order valence-corrected chi connectivity index (χ4v) is 3.68. The molecule has 170 valence electrons. The highest BCUT2D eigenvalue weighted by Crippen LogP contribution is 2.36. The highest BCUT2D eigenvalue weighted by molar-refractivity contribution is 5.88. The summed E-state index contributed by atoms with van der Waals surface area (Å²) in [6.07, 6.45) is 1.72. The lowest BCUT2D eigenvalue weighted by Gasteiger charge is -2.13. The van der Waals surface area contributed by atoms with Crippen molar-refractivity contribution in [3.05, 3.63) is 78.0 Å². The number of anilines is 1. The second-order valence-electron chi connectivity index (χ2n) is 7.76. The monoisotopic (exact) mass is 444 g/mol. The minimum Gasteiger partial charge on any atom is -0.493 e. The van der Waals surface area contributed by atoms with Crippen molar-refractivity contribution in [3.8, 4) is 28.7 Å². The van der Waals surface area contributed by atoms with Gasteiger partial charge in [0.2, 0.25) is 0 Å². The Labute approximate surface area is 194 Å². The maximum absolute atomic E-state index is 6.14. The second kappa shape index (κ2) is 10.1. The van der Waals surface area contributed by atoms with Crippen LogP contribution in [-0.2, 0) is 0 Å². The van der Waals surface area contributed by atoms with Crippen molar-refractivity contribution in [1.29, 1.82) is 0 Å². The summed E-state index contributed by atoms with van der Waals surface area (Å²) in [4.78, 5) is 4.42. The van der Waals surface area contributed by atoms with Crippen molar-refractivity contribution in [2.75, 3.05) is 32.7 Å². The molecule has 0 aliphatic heterocycles. The van der Waals surface area contributed by atoms with Gasteiger partial charge in [0.05, 0.1) is 19.7 Å². The highest BCUT2D eigenvalue weighted by atomic mass is 16.5. The summed E-state index contributed by atoms with van der Waals surface area (Å²) >= 11 is 0. The predicted molar refractivity (Wildman–Crippen MR) is 131 cm³/mol. The third-order valence-electron chi connectivity index (χ3n) is 5.18. The molecule has 3 aromatic carbocycles. The molecule has 33 heavy (non-hydrogen) atoms. The smallest absolute Gasteiger partial charge is 0.162 e. The number of aromatic nitrogens is 1. The zero-order valence-electron chi connectivity index (χ0n) is 19.3. The first kappa shape index (κ1) is 22.3. The standard InChI is InChI=1S/C27H28N2O4/c1-18-13-19(2)15-22(14-18)32-12-11-28-20-5-7-21(8-6-20)33-25-9-10-29-24-17-27(31-4)26(30-3)16-23(24)25/h5-10,13-17,28H,11-12H2,1-4H3. The Hall–Kier alpha value is -3.93. The molecule has 0 atom stereocenters. The van der Waals surface area contributed by atoms with Crippen LogP contribution in [0.25, 0.3) is 10.9 Å². The number of ether oxygens (including phenoxy) is 4. The van der Waals surface area contributed by atoms with E-state index in [1.54, 1.807) is 20.4 Å². The molecule has 0 fully saturated rings. The topological polar surface area (TPSA) is 61.8 Å². The molecule has 0 aliphatic rings. The Morgan fingerprint density at radius 2 is 1.45 bits per heavy atom. The molecule has 1 heterocycles. The normalized spacial score (nSPS) is 10.7. The Balaban J connectivity index is 1.38. The van der Waals surface area contributed by atoms with Crippen molar-refractivity contribution < 1.29 is 18.9 Å². The number of aryl methyl sites for hydroxylation is 2. The molecule has 6 nitrogen and oxygen atoms in total. The van der Waals surface area contributed by atoms with Crippen LogP contribution < -0.4 is 24.3 Å². The third kappa shape index (κ3) is 5.47. The lowest BCUT2D eigenvalue weighted by Crippen LogP contribution is -2.11. The van der Waals surface area contributed by atoms with Crippen molar-refractivity contribution in [2.24, 2.45) is 0 Å². The Kier molecular flexibility index (Phi) is 6.83. The summed E-state index contributed by atoms with van der Waals surface area (Å²) in [6.45, 7) is 5.42. The second-order valence-corrected chi connectivity index (χ2v) is 7.76. The first-order chi connectivity index (χ1) is 16.1. The van der Waals surface area contributed by atoms with E-state index >= 15 is 0 Å². The van der Waals surface area contributed by atoms with Crippen LogP contribution >= 0.6 is 0 Å². The van der Waals surface area contributed by atoms with Crippen molar-refractivity contribution in [3.63, 3.8) is 0 Å². The molecule has 4 aromatic rings. The zero-order valence-corrected chi connectivity index (χ0v) is 19.3. The number of methoxy groups -OCH3 is 2. The van der Waals surface area contributed by atoms with Crippen LogP contribution in [0.1, 0.15) is 11.1 Å². The SMILES string of the molecule is COc1cc2nccc(Oc3ccc(NCCOc4cc(C)cc(C)c4)cc3)c2cc1OC. The minimum absolute atomic E-state index is 0.579. The van der Waals surface area contributed by atoms with E-state index in [-0.39, 0.29) is 0 Å². The average molecular weight is 445 g/mol. The molecule has 0 radical (unpaired) electrons. The molecule has 0 aliphatic carbocycles. The summed E-state index contributed by atoms with van der Waals surface area (Å²) in [5.41, 5.74) is 4.17. The van der Waals surface area contributed by atoms with Gasteiger partial charge in [0.15, 0.2) is 11.5 Å². The van der Waals surface area contributed by atoms with Gasteiger partial charge >= 0.3 is 0 Å². The van der Waals surface area contributed by atoms with Gasteiger partial charge in [-0.3, -0.25) is 4.98 Å². The molecule has 0 saturated heterocycles. The van der Waals surface area contributed by atoms with E-state index in [4.69, 9.17) is 18.9 Å². The molecule has 0 spiro atoms. The van der Waals surface area contributed by atoms with Gasteiger partial charge in [-0.1, -0.05) is 6.07 Å². The molecule has 0 saturated carbocycles. The quantitative estimate of drug-likeness (QED) is 0.312. The first-order valence-corrected chi connectivity index (χ1v) is 10.8. The number of nitrogens with one attached hydrogen (secondary N) is 1. The van der Waals surface area contributed by atoms with Gasteiger partial charge in [0, 0.05) is 29.9 Å². The van der Waals surface area contributed by atoms with Crippen LogP contribution in [0.5, 0.6) is 28.7 Å². The molecule has 1 N–H and O–H groups in total. The van der Waals surface area contributed by atoms with E-state index < -0.39 is 0 Å². The van der Waals surface area contributed by atoms with Gasteiger partial charge in [0.1, 0.15) is 23.9 Å². The molecule has 0 unspecified atom stereocenters. The van der Waals surface area contributed by atoms with Crippen LogP contribution in [0.2, 0.25) is 0 Å². The Bertz CT molecular complexity index is 1220. The van der Waals surface area contributed by atoms with E-state index in [2.05, 4.69) is 30.2 Å². The molecule has 6 heteroatoms. The average Bonchev–Trinajstić information content (AvgIpc) is 2.81. The number of pyridine rings is 1.